The zero-order chi connectivity index (χ0) is 35.8. The third-order valence-corrected chi connectivity index (χ3v) is 10.8. The van der Waals surface area contributed by atoms with Crippen molar-refractivity contribution in [2.45, 2.75) is 69.5 Å². The number of hydrogen-bond donors (Lipinski definition) is 1. The van der Waals surface area contributed by atoms with Gasteiger partial charge in [-0.2, -0.15) is 0 Å². The number of nitro groups is 1. The number of nitrogens with one attached hydrogen (secondary N) is 1. The summed E-state index contributed by atoms with van der Waals surface area (Å²) in [6.07, 6.45) is 3.92. The Kier molecular flexibility index (Phi) is 11.5. The van der Waals surface area contributed by atoms with Crippen molar-refractivity contribution in [2.24, 2.45) is 0 Å². The van der Waals surface area contributed by atoms with Crippen LogP contribution in [0, 0.1) is 24.0 Å². The van der Waals surface area contributed by atoms with E-state index in [0.717, 1.165) is 52.7 Å². The van der Waals surface area contributed by atoms with E-state index in [1.807, 2.05) is 61.5 Å². The number of carbonyl (C=O) groups is 2. The summed E-state index contributed by atoms with van der Waals surface area (Å²) in [5.74, 6) is -0.459. The number of nitro benzene ring substituents is 1. The highest BCUT2D eigenvalue weighted by Crippen LogP contribution is 2.30. The molecule has 0 aromatic heterocycles. The Morgan fingerprint density at radius 1 is 0.920 bits per heavy atom. The van der Waals surface area contributed by atoms with Gasteiger partial charge in [0.15, 0.2) is 0 Å². The Hall–Kier alpha value is -5.23. The highest BCUT2D eigenvalue weighted by Gasteiger charge is 2.36. The number of methoxy groups -OCH3 is 1. The average molecular weight is 699 g/mol. The number of ether oxygens (including phenoxy) is 1. The van der Waals surface area contributed by atoms with Gasteiger partial charge in [-0.05, 0) is 68.1 Å². The SMILES string of the molecule is COc1ccc(N(CC(=O)N(Cc2ccc(C)cc2)[C@H](Cc2ccccc2)C(=O)NC2CCCC2)S(=O)(=O)c2ccc(C)c([N+](=O)[O-])c2)cc1. The van der Waals surface area contributed by atoms with Gasteiger partial charge in [0.05, 0.1) is 22.6 Å². The molecule has 4 aromatic rings. The zero-order valence-corrected chi connectivity index (χ0v) is 29.3. The topological polar surface area (TPSA) is 139 Å². The zero-order valence-electron chi connectivity index (χ0n) is 28.4. The van der Waals surface area contributed by atoms with Gasteiger partial charge in [0.1, 0.15) is 18.3 Å². The number of carbonyl (C=O) groups excluding carboxylic acids is 2. The molecule has 5 rings (SSSR count). The number of anilines is 1. The number of hydrogen-bond acceptors (Lipinski definition) is 7. The van der Waals surface area contributed by atoms with Crippen LogP contribution in [0.1, 0.15) is 47.9 Å². The van der Waals surface area contributed by atoms with Gasteiger partial charge in [-0.3, -0.25) is 24.0 Å². The number of sulfonamides is 1. The lowest BCUT2D eigenvalue weighted by molar-refractivity contribution is -0.385. The van der Waals surface area contributed by atoms with E-state index in [1.165, 1.54) is 43.2 Å². The summed E-state index contributed by atoms with van der Waals surface area (Å²) >= 11 is 0. The first-order valence-corrected chi connectivity index (χ1v) is 18.0. The molecule has 12 heteroatoms. The molecule has 262 valence electrons. The molecule has 1 atom stereocenters. The molecule has 11 nitrogen and oxygen atoms in total. The van der Waals surface area contributed by atoms with Gasteiger partial charge in [-0.1, -0.05) is 79.1 Å². The van der Waals surface area contributed by atoms with Gasteiger partial charge in [0.2, 0.25) is 11.8 Å². The van der Waals surface area contributed by atoms with Gasteiger partial charge in [0.25, 0.3) is 15.7 Å². The summed E-state index contributed by atoms with van der Waals surface area (Å²) in [7, 11) is -3.06. The van der Waals surface area contributed by atoms with Crippen LogP contribution in [0.3, 0.4) is 0 Å². The summed E-state index contributed by atoms with van der Waals surface area (Å²) in [4.78, 5) is 41.1. The van der Waals surface area contributed by atoms with Crippen LogP contribution in [0.4, 0.5) is 11.4 Å². The molecule has 0 radical (unpaired) electrons. The molecule has 4 aromatic carbocycles. The van der Waals surface area contributed by atoms with E-state index < -0.39 is 33.4 Å². The normalized spacial score (nSPS) is 13.7. The van der Waals surface area contributed by atoms with Crippen LogP contribution in [0.25, 0.3) is 0 Å². The standard InChI is InChI=1S/C38H42N4O7S/c1-27-13-16-30(17-14-27)25-40(36(23-29-9-5-4-6-10-29)38(44)39-31-11-7-8-12-31)37(43)26-41(32-18-20-33(49-3)21-19-32)50(47,48)34-22-15-28(2)35(24-34)42(45)46/h4-6,9-10,13-22,24,31,36H,7-8,11-12,23,25-26H2,1-3H3,(H,39,44)/t36-/m1/s1. The minimum atomic E-state index is -4.54. The van der Waals surface area contributed by atoms with Crippen molar-refractivity contribution in [2.75, 3.05) is 18.0 Å². The van der Waals surface area contributed by atoms with E-state index in [4.69, 9.17) is 4.74 Å². The van der Waals surface area contributed by atoms with Crippen LogP contribution in [0.2, 0.25) is 0 Å². The highest BCUT2D eigenvalue weighted by molar-refractivity contribution is 7.92. The molecule has 0 unspecified atom stereocenters. The van der Waals surface area contributed by atoms with E-state index in [2.05, 4.69) is 5.32 Å². The van der Waals surface area contributed by atoms with E-state index in [1.54, 1.807) is 12.1 Å². The minimum absolute atomic E-state index is 0.00870. The summed E-state index contributed by atoms with van der Waals surface area (Å²) < 4.78 is 35.0. The van der Waals surface area contributed by atoms with Crippen molar-refractivity contribution < 1.29 is 27.7 Å². The number of aryl methyl sites for hydroxylation is 2. The maximum atomic E-state index is 14.7. The Balaban J connectivity index is 1.59. The van der Waals surface area contributed by atoms with Crippen LogP contribution in [0.15, 0.2) is 102 Å². The van der Waals surface area contributed by atoms with Gasteiger partial charge in [-0.15, -0.1) is 0 Å². The molecule has 0 bridgehead atoms. The van der Waals surface area contributed by atoms with Crippen LogP contribution in [0.5, 0.6) is 5.75 Å². The van der Waals surface area contributed by atoms with Crippen molar-refractivity contribution in [3.05, 3.63) is 129 Å². The first-order valence-electron chi connectivity index (χ1n) is 16.6. The predicted molar refractivity (Wildman–Crippen MR) is 191 cm³/mol. The first kappa shape index (κ1) is 36.1. The number of benzene rings is 4. The smallest absolute Gasteiger partial charge is 0.273 e. The molecular formula is C38H42N4O7S. The van der Waals surface area contributed by atoms with E-state index >= 15 is 0 Å². The maximum Gasteiger partial charge on any atom is 0.273 e. The minimum Gasteiger partial charge on any atom is -0.497 e. The fourth-order valence-corrected chi connectivity index (χ4v) is 7.60. The molecule has 2 amide bonds. The number of amides is 2. The molecule has 0 aliphatic heterocycles. The molecule has 0 heterocycles. The Bertz CT molecular complexity index is 1910. The van der Waals surface area contributed by atoms with Crippen molar-refractivity contribution in [1.82, 2.24) is 10.2 Å². The average Bonchev–Trinajstić information content (AvgIpc) is 3.63. The molecular weight excluding hydrogens is 657 g/mol. The molecule has 1 fully saturated rings. The van der Waals surface area contributed by atoms with Crippen molar-refractivity contribution >= 4 is 33.2 Å². The summed E-state index contributed by atoms with van der Waals surface area (Å²) in [6, 6.07) is 25.8. The van der Waals surface area contributed by atoms with Crippen LogP contribution in [-0.2, 0) is 32.6 Å². The maximum absolute atomic E-state index is 14.7. The largest absolute Gasteiger partial charge is 0.497 e. The number of rotatable bonds is 14. The van der Waals surface area contributed by atoms with Crippen LogP contribution in [-0.4, -0.2) is 55.8 Å². The molecule has 0 saturated heterocycles. The second kappa shape index (κ2) is 16.0. The third-order valence-electron chi connectivity index (χ3n) is 9.05. The highest BCUT2D eigenvalue weighted by atomic mass is 32.2. The molecule has 0 spiro atoms. The number of nitrogens with zero attached hydrogens (tertiary/aromatic N) is 3. The Morgan fingerprint density at radius 3 is 2.20 bits per heavy atom. The quantitative estimate of drug-likeness (QED) is 0.124. The third kappa shape index (κ3) is 8.67. The fourth-order valence-electron chi connectivity index (χ4n) is 6.16. The summed E-state index contributed by atoms with van der Waals surface area (Å²) in [5, 5.41) is 14.9. The lowest BCUT2D eigenvalue weighted by Gasteiger charge is -2.34. The summed E-state index contributed by atoms with van der Waals surface area (Å²) in [5.41, 5.74) is 2.71. The molecule has 1 aliphatic carbocycles. The summed E-state index contributed by atoms with van der Waals surface area (Å²) in [6.45, 7) is 2.84. The monoisotopic (exact) mass is 698 g/mol. The second-order valence-corrected chi connectivity index (χ2v) is 14.5. The van der Waals surface area contributed by atoms with E-state index in [9.17, 15) is 28.1 Å². The van der Waals surface area contributed by atoms with E-state index in [-0.39, 0.29) is 41.2 Å². The van der Waals surface area contributed by atoms with Crippen molar-refractivity contribution in [3.63, 3.8) is 0 Å². The van der Waals surface area contributed by atoms with Crippen molar-refractivity contribution in [3.8, 4) is 5.75 Å². The van der Waals surface area contributed by atoms with Gasteiger partial charge < -0.3 is 15.0 Å². The van der Waals surface area contributed by atoms with Gasteiger partial charge in [-0.25, -0.2) is 8.42 Å². The first-order chi connectivity index (χ1) is 24.0. The van der Waals surface area contributed by atoms with Gasteiger partial charge in [0, 0.05) is 30.6 Å². The Morgan fingerprint density at radius 2 is 1.58 bits per heavy atom. The molecule has 1 saturated carbocycles. The molecule has 1 N–H and O–H groups in total. The van der Waals surface area contributed by atoms with Crippen LogP contribution >= 0.6 is 0 Å². The fraction of sp³-hybridized carbons (Fsp3) is 0.316. The Labute approximate surface area is 293 Å². The van der Waals surface area contributed by atoms with E-state index in [0.29, 0.717) is 11.3 Å². The van der Waals surface area contributed by atoms with Gasteiger partial charge >= 0.3 is 0 Å². The lowest BCUT2D eigenvalue weighted by Crippen LogP contribution is -2.54. The molecule has 50 heavy (non-hydrogen) atoms. The van der Waals surface area contributed by atoms with Crippen molar-refractivity contribution in [1.29, 1.82) is 0 Å². The predicted octanol–water partition coefficient (Wildman–Crippen LogP) is 6.11. The lowest BCUT2D eigenvalue weighted by atomic mass is 10.0. The molecule has 1 aliphatic rings. The second-order valence-electron chi connectivity index (χ2n) is 12.6. The van der Waals surface area contributed by atoms with Crippen LogP contribution < -0.4 is 14.4 Å².